The molecule has 1 amide bonds. The molecule has 33 heavy (non-hydrogen) atoms. The van der Waals surface area contributed by atoms with Crippen LogP contribution in [0, 0.1) is 23.5 Å². The molecular formula is C26H41F2N3O2. The number of hydrogen-bond acceptors (Lipinski definition) is 4. The molecule has 186 valence electrons. The van der Waals surface area contributed by atoms with Crippen LogP contribution in [0.5, 0.6) is 0 Å². The molecule has 1 aliphatic heterocycles. The van der Waals surface area contributed by atoms with E-state index in [0.29, 0.717) is 12.6 Å². The lowest BCUT2D eigenvalue weighted by Crippen LogP contribution is -2.49. The van der Waals surface area contributed by atoms with Crippen molar-refractivity contribution in [3.8, 4) is 0 Å². The van der Waals surface area contributed by atoms with Gasteiger partial charge in [0.1, 0.15) is 6.61 Å². The highest BCUT2D eigenvalue weighted by atomic mass is 19.2. The molecule has 0 unspecified atom stereocenters. The van der Waals surface area contributed by atoms with Gasteiger partial charge in [-0.25, -0.2) is 8.78 Å². The van der Waals surface area contributed by atoms with Crippen LogP contribution in [0.1, 0.15) is 70.0 Å². The number of rotatable bonds is 11. The minimum Gasteiger partial charge on any atom is -0.363 e. The number of likely N-dealkylation sites (tertiary alicyclic amines) is 1. The van der Waals surface area contributed by atoms with Gasteiger partial charge in [0.2, 0.25) is 5.91 Å². The van der Waals surface area contributed by atoms with E-state index in [2.05, 4.69) is 15.5 Å². The van der Waals surface area contributed by atoms with Gasteiger partial charge in [0.15, 0.2) is 11.6 Å². The Kier molecular flexibility index (Phi) is 10.5. The first-order valence-electron chi connectivity index (χ1n) is 12.7. The summed E-state index contributed by atoms with van der Waals surface area (Å²) in [6.07, 6.45) is 8.98. The van der Waals surface area contributed by atoms with E-state index in [-0.39, 0.29) is 24.0 Å². The SMILES string of the molecule is CCNC(=O)CO[C@@H](c1cccc(F)c1F)[C@@H]1CCCN([C@H](CNC)CC2CCCCC2)C1. The lowest BCUT2D eigenvalue weighted by Gasteiger charge is -2.42. The molecule has 2 N–H and O–H groups in total. The highest BCUT2D eigenvalue weighted by Gasteiger charge is 2.35. The summed E-state index contributed by atoms with van der Waals surface area (Å²) >= 11 is 0. The van der Waals surface area contributed by atoms with Crippen LogP contribution in [0.15, 0.2) is 18.2 Å². The molecule has 0 aromatic heterocycles. The minimum absolute atomic E-state index is 0.00446. The van der Waals surface area contributed by atoms with E-state index >= 15 is 0 Å². The Hall–Kier alpha value is -1.57. The lowest BCUT2D eigenvalue weighted by atomic mass is 9.83. The molecule has 0 spiro atoms. The Morgan fingerprint density at radius 2 is 1.97 bits per heavy atom. The zero-order chi connectivity index (χ0) is 23.6. The first kappa shape index (κ1) is 26.0. The number of carbonyl (C=O) groups excluding carboxylic acids is 1. The number of nitrogens with zero attached hydrogens (tertiary/aromatic N) is 1. The monoisotopic (exact) mass is 465 g/mol. The second-order valence-corrected chi connectivity index (χ2v) is 9.68. The summed E-state index contributed by atoms with van der Waals surface area (Å²) in [6.45, 7) is 4.87. The number of likely N-dealkylation sites (N-methyl/N-ethyl adjacent to an activating group) is 2. The highest BCUT2D eigenvalue weighted by molar-refractivity contribution is 5.77. The third kappa shape index (κ3) is 7.46. The summed E-state index contributed by atoms with van der Waals surface area (Å²) in [5.41, 5.74) is 0.212. The predicted octanol–water partition coefficient (Wildman–Crippen LogP) is 4.43. The van der Waals surface area contributed by atoms with Crippen molar-refractivity contribution in [3.63, 3.8) is 0 Å². The van der Waals surface area contributed by atoms with Gasteiger partial charge < -0.3 is 15.4 Å². The Morgan fingerprint density at radius 3 is 2.70 bits per heavy atom. The van der Waals surface area contributed by atoms with Crippen LogP contribution in [0.3, 0.4) is 0 Å². The van der Waals surface area contributed by atoms with Gasteiger partial charge in [0.25, 0.3) is 0 Å². The van der Waals surface area contributed by atoms with Crippen molar-refractivity contribution < 1.29 is 18.3 Å². The fourth-order valence-corrected chi connectivity index (χ4v) is 5.66. The Balaban J connectivity index is 1.75. The van der Waals surface area contributed by atoms with Crippen molar-refractivity contribution in [1.82, 2.24) is 15.5 Å². The third-order valence-electron chi connectivity index (χ3n) is 7.26. The van der Waals surface area contributed by atoms with E-state index in [1.54, 1.807) is 6.07 Å². The standard InChI is InChI=1S/C26H41F2N3O2/c1-3-30-24(32)18-33-26(22-12-7-13-23(27)25(22)28)20-11-8-14-31(17-20)21(16-29-2)15-19-9-5-4-6-10-19/h7,12-13,19-21,26,29H,3-6,8-11,14-18H2,1-2H3,(H,30,32)/t20-,21+,26-/m1/s1. The van der Waals surface area contributed by atoms with Crippen LogP contribution in [0.4, 0.5) is 8.78 Å². The lowest BCUT2D eigenvalue weighted by molar-refractivity contribution is -0.130. The van der Waals surface area contributed by atoms with Gasteiger partial charge in [-0.2, -0.15) is 0 Å². The molecule has 0 bridgehead atoms. The van der Waals surface area contributed by atoms with Crippen LogP contribution < -0.4 is 10.6 Å². The first-order valence-corrected chi connectivity index (χ1v) is 12.7. The number of amides is 1. The minimum atomic E-state index is -0.878. The van der Waals surface area contributed by atoms with Crippen molar-refractivity contribution in [2.45, 2.75) is 70.4 Å². The summed E-state index contributed by atoms with van der Waals surface area (Å²) in [7, 11) is 2.00. The highest BCUT2D eigenvalue weighted by Crippen LogP contribution is 2.36. The number of hydrogen-bond donors (Lipinski definition) is 2. The molecular weight excluding hydrogens is 424 g/mol. The van der Waals surface area contributed by atoms with Crippen molar-refractivity contribution in [3.05, 3.63) is 35.4 Å². The molecule has 1 saturated carbocycles. The molecule has 1 aromatic carbocycles. The van der Waals surface area contributed by atoms with Crippen LogP contribution in [-0.4, -0.2) is 56.7 Å². The normalized spacial score (nSPS) is 22.1. The number of benzene rings is 1. The van der Waals surface area contributed by atoms with E-state index in [4.69, 9.17) is 4.74 Å². The van der Waals surface area contributed by atoms with Crippen molar-refractivity contribution in [2.75, 3.05) is 39.8 Å². The fourth-order valence-electron chi connectivity index (χ4n) is 5.66. The summed E-state index contributed by atoms with van der Waals surface area (Å²) in [6, 6.07) is 4.65. The molecule has 1 saturated heterocycles. The van der Waals surface area contributed by atoms with E-state index in [0.717, 1.165) is 44.5 Å². The van der Waals surface area contributed by atoms with Crippen LogP contribution >= 0.6 is 0 Å². The van der Waals surface area contributed by atoms with Gasteiger partial charge in [-0.15, -0.1) is 0 Å². The third-order valence-corrected chi connectivity index (χ3v) is 7.26. The van der Waals surface area contributed by atoms with Gasteiger partial charge in [-0.1, -0.05) is 44.2 Å². The number of halogens is 2. The molecule has 2 aliphatic rings. The number of carbonyl (C=O) groups is 1. The van der Waals surface area contributed by atoms with Gasteiger partial charge in [-0.05, 0) is 51.8 Å². The van der Waals surface area contributed by atoms with Crippen molar-refractivity contribution >= 4 is 5.91 Å². The average Bonchev–Trinajstić information content (AvgIpc) is 2.82. The maximum absolute atomic E-state index is 14.8. The maximum atomic E-state index is 14.8. The molecule has 3 rings (SSSR count). The van der Waals surface area contributed by atoms with E-state index in [1.165, 1.54) is 44.6 Å². The number of nitrogens with one attached hydrogen (secondary N) is 2. The summed E-state index contributed by atoms with van der Waals surface area (Å²) in [5, 5.41) is 6.09. The second-order valence-electron chi connectivity index (χ2n) is 9.68. The number of ether oxygens (including phenoxy) is 1. The first-order chi connectivity index (χ1) is 16.0. The van der Waals surface area contributed by atoms with Gasteiger partial charge in [0.05, 0.1) is 6.10 Å². The second kappa shape index (κ2) is 13.4. The van der Waals surface area contributed by atoms with E-state index < -0.39 is 17.7 Å². The molecule has 2 fully saturated rings. The van der Waals surface area contributed by atoms with Crippen molar-refractivity contribution in [2.24, 2.45) is 11.8 Å². The van der Waals surface area contributed by atoms with Crippen LogP contribution in [0.25, 0.3) is 0 Å². The largest absolute Gasteiger partial charge is 0.363 e. The van der Waals surface area contributed by atoms with Gasteiger partial charge in [0, 0.05) is 37.2 Å². The number of piperidine rings is 1. The van der Waals surface area contributed by atoms with Crippen LogP contribution in [0.2, 0.25) is 0 Å². The summed E-state index contributed by atoms with van der Waals surface area (Å²) in [5.74, 6) is -1.22. The maximum Gasteiger partial charge on any atom is 0.246 e. The molecule has 3 atom stereocenters. The van der Waals surface area contributed by atoms with Gasteiger partial charge >= 0.3 is 0 Å². The van der Waals surface area contributed by atoms with E-state index in [9.17, 15) is 13.6 Å². The Bertz CT molecular complexity index is 742. The molecule has 1 aromatic rings. The Labute approximate surface area is 197 Å². The Morgan fingerprint density at radius 1 is 1.18 bits per heavy atom. The summed E-state index contributed by atoms with van der Waals surface area (Å²) in [4.78, 5) is 14.6. The summed E-state index contributed by atoms with van der Waals surface area (Å²) < 4.78 is 34.8. The van der Waals surface area contributed by atoms with E-state index in [1.807, 2.05) is 14.0 Å². The molecule has 5 nitrogen and oxygen atoms in total. The molecule has 7 heteroatoms. The van der Waals surface area contributed by atoms with Crippen molar-refractivity contribution in [1.29, 1.82) is 0 Å². The van der Waals surface area contributed by atoms with Gasteiger partial charge in [-0.3, -0.25) is 9.69 Å². The topological polar surface area (TPSA) is 53.6 Å². The molecule has 0 radical (unpaired) electrons. The zero-order valence-corrected chi connectivity index (χ0v) is 20.3. The average molecular weight is 466 g/mol. The molecule has 1 heterocycles. The predicted molar refractivity (Wildman–Crippen MR) is 127 cm³/mol. The quantitative estimate of drug-likeness (QED) is 0.508. The molecule has 1 aliphatic carbocycles. The van der Waals surface area contributed by atoms with Crippen LogP contribution in [-0.2, 0) is 9.53 Å². The zero-order valence-electron chi connectivity index (χ0n) is 20.3. The smallest absolute Gasteiger partial charge is 0.246 e. The fraction of sp³-hybridized carbons (Fsp3) is 0.731.